The maximum absolute atomic E-state index is 12.9. The van der Waals surface area contributed by atoms with Crippen LogP contribution in [0.25, 0.3) is 6.08 Å². The van der Waals surface area contributed by atoms with E-state index >= 15 is 0 Å². The molecule has 4 rings (SSSR count). The smallest absolute Gasteiger partial charge is 0.416 e. The van der Waals surface area contributed by atoms with Crippen molar-refractivity contribution >= 4 is 63.5 Å². The second kappa shape index (κ2) is 11.9. The van der Waals surface area contributed by atoms with Gasteiger partial charge in [-0.15, -0.1) is 0 Å². The quantitative estimate of drug-likeness (QED) is 0.311. The maximum atomic E-state index is 12.9. The van der Waals surface area contributed by atoms with E-state index in [-0.39, 0.29) is 34.2 Å². The van der Waals surface area contributed by atoms with Crippen molar-refractivity contribution in [1.82, 2.24) is 4.90 Å². The van der Waals surface area contributed by atoms with Gasteiger partial charge in [-0.1, -0.05) is 41.6 Å². The Morgan fingerprint density at radius 2 is 2.13 bits per heavy atom. The highest BCUT2D eigenvalue weighted by Crippen LogP contribution is 2.39. The number of halogens is 4. The van der Waals surface area contributed by atoms with Crippen LogP contribution in [0.1, 0.15) is 24.0 Å². The highest BCUT2D eigenvalue weighted by atomic mass is 35.5. The van der Waals surface area contributed by atoms with Gasteiger partial charge in [0.15, 0.2) is 18.1 Å². The van der Waals surface area contributed by atoms with E-state index in [2.05, 4.69) is 5.32 Å². The molecule has 0 bridgehead atoms. The number of hydrogen-bond acceptors (Lipinski definition) is 7. The van der Waals surface area contributed by atoms with Crippen LogP contribution in [0.2, 0.25) is 5.02 Å². The number of hydrogen-bond donors (Lipinski definition) is 1. The molecule has 0 aliphatic carbocycles. The summed E-state index contributed by atoms with van der Waals surface area (Å²) in [6.07, 6.45) is -1.11. The summed E-state index contributed by atoms with van der Waals surface area (Å²) in [6, 6.07) is 7.37. The fourth-order valence-corrected chi connectivity index (χ4v) is 5.42. The summed E-state index contributed by atoms with van der Waals surface area (Å²) >= 11 is 12.9. The number of thioether (sulfide) groups is 1. The number of benzene rings is 2. The van der Waals surface area contributed by atoms with E-state index in [9.17, 15) is 22.8 Å². The Morgan fingerprint density at radius 1 is 1.34 bits per heavy atom. The summed E-state index contributed by atoms with van der Waals surface area (Å²) in [6.45, 7) is 0.546. The summed E-state index contributed by atoms with van der Waals surface area (Å²) in [5.74, 6) is -0.652. The minimum atomic E-state index is -4.54. The lowest BCUT2D eigenvalue weighted by atomic mass is 10.1. The third-order valence-electron chi connectivity index (χ3n) is 5.65. The Bertz CT molecular complexity index is 1280. The highest BCUT2D eigenvalue weighted by Gasteiger charge is 2.35. The molecule has 0 saturated carbocycles. The SMILES string of the molecule is COc1cc(/C=C2\SC(=S)N(C[C@@H]3CCCO3)C2=O)cc(Cl)c1OCC(=O)Nc1cccc(C(F)(F)F)c1. The Kier molecular flexibility index (Phi) is 8.86. The number of alkyl halides is 3. The molecule has 13 heteroatoms. The number of anilines is 1. The molecule has 1 atom stereocenters. The zero-order valence-electron chi connectivity index (χ0n) is 20.0. The second-order valence-electron chi connectivity index (χ2n) is 8.38. The van der Waals surface area contributed by atoms with Crippen molar-refractivity contribution in [3.8, 4) is 11.5 Å². The standard InChI is InChI=1S/C25H22ClF3N2O5S2/c1-34-19-9-14(10-20-23(33)31(24(37)38-20)12-17-6-3-7-35-17)8-18(26)22(19)36-13-21(32)30-16-5-2-4-15(11-16)25(27,28)29/h2,4-5,8-11,17H,3,6-7,12-13H2,1H3,(H,30,32)/b20-10-/t17-/m0/s1. The van der Waals surface area contributed by atoms with Crippen molar-refractivity contribution in [3.63, 3.8) is 0 Å². The number of carbonyl (C=O) groups excluding carboxylic acids is 2. The van der Waals surface area contributed by atoms with E-state index in [1.165, 1.54) is 42.0 Å². The maximum Gasteiger partial charge on any atom is 0.416 e. The summed E-state index contributed by atoms with van der Waals surface area (Å²) < 4.78 is 55.6. The molecule has 0 unspecified atom stereocenters. The van der Waals surface area contributed by atoms with Crippen LogP contribution in [-0.4, -0.2) is 54.0 Å². The summed E-state index contributed by atoms with van der Waals surface area (Å²) in [5, 5.41) is 2.47. The topological polar surface area (TPSA) is 77.1 Å². The molecule has 0 spiro atoms. The van der Waals surface area contributed by atoms with Crippen LogP contribution in [-0.2, 0) is 20.5 Å². The normalized spacial score (nSPS) is 18.8. The lowest BCUT2D eigenvalue weighted by molar-refractivity contribution is -0.137. The summed E-state index contributed by atoms with van der Waals surface area (Å²) in [5.41, 5.74) is -0.371. The molecule has 2 amide bonds. The Labute approximate surface area is 231 Å². The van der Waals surface area contributed by atoms with Gasteiger partial charge in [0.25, 0.3) is 11.8 Å². The molecule has 38 heavy (non-hydrogen) atoms. The molecule has 2 heterocycles. The van der Waals surface area contributed by atoms with Crippen molar-refractivity contribution in [2.45, 2.75) is 25.1 Å². The molecule has 2 fully saturated rings. The zero-order chi connectivity index (χ0) is 27.4. The molecule has 0 radical (unpaired) electrons. The van der Waals surface area contributed by atoms with Gasteiger partial charge >= 0.3 is 6.18 Å². The second-order valence-corrected chi connectivity index (χ2v) is 10.5. The largest absolute Gasteiger partial charge is 0.493 e. The molecule has 1 N–H and O–H groups in total. The van der Waals surface area contributed by atoms with Gasteiger partial charge < -0.3 is 19.5 Å². The highest BCUT2D eigenvalue weighted by molar-refractivity contribution is 8.26. The number of rotatable bonds is 8. The van der Waals surface area contributed by atoms with Gasteiger partial charge in [0, 0.05) is 12.3 Å². The number of carbonyl (C=O) groups is 2. The van der Waals surface area contributed by atoms with Crippen LogP contribution < -0.4 is 14.8 Å². The average molecular weight is 587 g/mol. The van der Waals surface area contributed by atoms with Crippen LogP contribution in [0, 0.1) is 0 Å². The first kappa shape index (κ1) is 28.2. The molecule has 2 aliphatic rings. The van der Waals surface area contributed by atoms with Crippen LogP contribution in [0.15, 0.2) is 41.3 Å². The van der Waals surface area contributed by atoms with E-state index in [0.717, 1.165) is 25.0 Å². The molecule has 202 valence electrons. The minimum absolute atomic E-state index is 0.0290. The van der Waals surface area contributed by atoms with Crippen molar-refractivity contribution in [2.75, 3.05) is 32.2 Å². The Balaban J connectivity index is 1.43. The molecular weight excluding hydrogens is 565 g/mol. The van der Waals surface area contributed by atoms with Gasteiger partial charge in [-0.3, -0.25) is 14.5 Å². The van der Waals surface area contributed by atoms with Crippen LogP contribution in [0.5, 0.6) is 11.5 Å². The minimum Gasteiger partial charge on any atom is -0.493 e. The average Bonchev–Trinajstić information content (AvgIpc) is 3.47. The van der Waals surface area contributed by atoms with Crippen molar-refractivity contribution < 1.29 is 37.0 Å². The zero-order valence-corrected chi connectivity index (χ0v) is 22.4. The molecule has 0 aromatic heterocycles. The first-order valence-corrected chi connectivity index (χ1v) is 13.0. The lowest BCUT2D eigenvalue weighted by Crippen LogP contribution is -2.35. The third kappa shape index (κ3) is 6.79. The fourth-order valence-electron chi connectivity index (χ4n) is 3.87. The van der Waals surface area contributed by atoms with E-state index in [1.807, 2.05) is 0 Å². The lowest BCUT2D eigenvalue weighted by Gasteiger charge is -2.18. The number of amides is 2. The molecule has 2 saturated heterocycles. The van der Waals surface area contributed by atoms with Crippen LogP contribution in [0.3, 0.4) is 0 Å². The third-order valence-corrected chi connectivity index (χ3v) is 7.31. The van der Waals surface area contributed by atoms with Crippen LogP contribution >= 0.6 is 35.6 Å². The van der Waals surface area contributed by atoms with Gasteiger partial charge in [-0.2, -0.15) is 13.2 Å². The molecule has 2 aliphatic heterocycles. The molecule has 2 aromatic rings. The van der Waals surface area contributed by atoms with Gasteiger partial charge in [0.05, 0.1) is 35.2 Å². The van der Waals surface area contributed by atoms with Crippen molar-refractivity contribution in [3.05, 3.63) is 57.5 Å². The van der Waals surface area contributed by atoms with Crippen molar-refractivity contribution in [1.29, 1.82) is 0 Å². The number of methoxy groups -OCH3 is 1. The summed E-state index contributed by atoms with van der Waals surface area (Å²) in [4.78, 5) is 27.2. The predicted octanol–water partition coefficient (Wildman–Crippen LogP) is 5.77. The number of nitrogens with zero attached hydrogens (tertiary/aromatic N) is 1. The van der Waals surface area contributed by atoms with Gasteiger partial charge in [-0.05, 0) is 54.8 Å². The number of thiocarbonyl (C=S) groups is 1. The van der Waals surface area contributed by atoms with E-state index in [4.69, 9.17) is 38.0 Å². The van der Waals surface area contributed by atoms with Gasteiger partial charge in [0.2, 0.25) is 0 Å². The first-order valence-electron chi connectivity index (χ1n) is 11.4. The molecular formula is C25H22ClF3N2O5S2. The Morgan fingerprint density at radius 3 is 2.82 bits per heavy atom. The number of ether oxygens (including phenoxy) is 3. The predicted molar refractivity (Wildman–Crippen MR) is 142 cm³/mol. The van der Waals surface area contributed by atoms with Crippen LogP contribution in [0.4, 0.5) is 18.9 Å². The molecule has 2 aromatic carbocycles. The van der Waals surface area contributed by atoms with E-state index in [0.29, 0.717) is 27.9 Å². The van der Waals surface area contributed by atoms with Crippen molar-refractivity contribution in [2.24, 2.45) is 0 Å². The van der Waals surface area contributed by atoms with E-state index in [1.54, 1.807) is 12.1 Å². The van der Waals surface area contributed by atoms with Gasteiger partial charge in [0.1, 0.15) is 4.32 Å². The summed E-state index contributed by atoms with van der Waals surface area (Å²) in [7, 11) is 1.38. The van der Waals surface area contributed by atoms with E-state index < -0.39 is 24.3 Å². The molecule has 7 nitrogen and oxygen atoms in total. The monoisotopic (exact) mass is 586 g/mol. The van der Waals surface area contributed by atoms with Gasteiger partial charge in [-0.25, -0.2) is 0 Å². The first-order chi connectivity index (χ1) is 18.0. The fraction of sp³-hybridized carbons (Fsp3) is 0.320. The number of nitrogens with one attached hydrogen (secondary N) is 1. The Hall–Kier alpha value is -2.80.